The maximum Gasteiger partial charge on any atom is 0.311 e. The highest BCUT2D eigenvalue weighted by Crippen LogP contribution is 2.22. The van der Waals surface area contributed by atoms with E-state index < -0.39 is 17.8 Å². The summed E-state index contributed by atoms with van der Waals surface area (Å²) in [6, 6.07) is 10.4. The van der Waals surface area contributed by atoms with E-state index in [1.54, 1.807) is 31.2 Å². The SMILES string of the molecule is Cc1cc(Cl)ccc1OC(=O)CCC(=O)Oc1ccccc1F. The highest BCUT2D eigenvalue weighted by Gasteiger charge is 2.13. The second kappa shape index (κ2) is 7.74. The average molecular weight is 337 g/mol. The fourth-order valence-corrected chi connectivity index (χ4v) is 2.03. The number of carbonyl (C=O) groups excluding carboxylic acids is 2. The molecule has 23 heavy (non-hydrogen) atoms. The van der Waals surface area contributed by atoms with Crippen LogP contribution in [0.2, 0.25) is 5.02 Å². The zero-order valence-electron chi connectivity index (χ0n) is 12.3. The molecule has 4 nitrogen and oxygen atoms in total. The molecule has 0 amide bonds. The van der Waals surface area contributed by atoms with Crippen molar-refractivity contribution in [2.24, 2.45) is 0 Å². The summed E-state index contributed by atoms with van der Waals surface area (Å²) in [6.45, 7) is 1.75. The lowest BCUT2D eigenvalue weighted by Gasteiger charge is -2.08. The van der Waals surface area contributed by atoms with Crippen LogP contribution in [0.1, 0.15) is 18.4 Å². The number of benzene rings is 2. The summed E-state index contributed by atoms with van der Waals surface area (Å²) in [4.78, 5) is 23.4. The summed E-state index contributed by atoms with van der Waals surface area (Å²) in [6.07, 6.45) is -0.380. The predicted molar refractivity (Wildman–Crippen MR) is 83.1 cm³/mol. The lowest BCUT2D eigenvalue weighted by atomic mass is 10.2. The van der Waals surface area contributed by atoms with Gasteiger partial charge in [0.25, 0.3) is 0 Å². The maximum atomic E-state index is 13.3. The lowest BCUT2D eigenvalue weighted by Crippen LogP contribution is -2.14. The normalized spacial score (nSPS) is 10.2. The number of hydrogen-bond donors (Lipinski definition) is 0. The minimum atomic E-state index is -0.708. The first-order valence-electron chi connectivity index (χ1n) is 6.88. The first kappa shape index (κ1) is 17.0. The topological polar surface area (TPSA) is 52.6 Å². The molecular formula is C17H14ClFO4. The molecule has 0 spiro atoms. The van der Waals surface area contributed by atoms with Gasteiger partial charge in [-0.05, 0) is 42.8 Å². The fourth-order valence-electron chi connectivity index (χ4n) is 1.81. The van der Waals surface area contributed by atoms with E-state index in [1.165, 1.54) is 18.2 Å². The molecular weight excluding hydrogens is 323 g/mol. The smallest absolute Gasteiger partial charge is 0.311 e. The van der Waals surface area contributed by atoms with E-state index >= 15 is 0 Å². The molecule has 2 aromatic carbocycles. The van der Waals surface area contributed by atoms with Crippen LogP contribution >= 0.6 is 11.6 Å². The Bertz CT molecular complexity index is 730. The van der Waals surface area contributed by atoms with Gasteiger partial charge >= 0.3 is 11.9 Å². The molecule has 0 aliphatic rings. The van der Waals surface area contributed by atoms with Crippen LogP contribution in [-0.2, 0) is 9.59 Å². The summed E-state index contributed by atoms with van der Waals surface area (Å²) >= 11 is 5.81. The molecule has 2 aromatic rings. The van der Waals surface area contributed by atoms with E-state index in [2.05, 4.69) is 0 Å². The van der Waals surface area contributed by atoms with Gasteiger partial charge in [0.15, 0.2) is 11.6 Å². The van der Waals surface area contributed by atoms with Crippen LogP contribution in [0, 0.1) is 12.7 Å². The van der Waals surface area contributed by atoms with Gasteiger partial charge in [-0.3, -0.25) is 9.59 Å². The molecule has 6 heteroatoms. The summed E-state index contributed by atoms with van der Waals surface area (Å²) in [5.74, 6) is -1.72. The Morgan fingerprint density at radius 3 is 2.22 bits per heavy atom. The van der Waals surface area contributed by atoms with Crippen molar-refractivity contribution in [2.45, 2.75) is 19.8 Å². The van der Waals surface area contributed by atoms with Crippen molar-refractivity contribution in [1.29, 1.82) is 0 Å². The average Bonchev–Trinajstić information content (AvgIpc) is 2.50. The van der Waals surface area contributed by atoms with Crippen LogP contribution in [-0.4, -0.2) is 11.9 Å². The monoisotopic (exact) mass is 336 g/mol. The Hall–Kier alpha value is -2.40. The number of carbonyl (C=O) groups is 2. The molecule has 0 heterocycles. The standard InChI is InChI=1S/C17H14ClFO4/c1-11-10-12(18)6-7-14(11)22-16(20)8-9-17(21)23-15-5-3-2-4-13(15)19/h2-7,10H,8-9H2,1H3. The number of hydrogen-bond acceptors (Lipinski definition) is 4. The van der Waals surface area contributed by atoms with Gasteiger partial charge in [-0.15, -0.1) is 0 Å². The molecule has 0 aromatic heterocycles. The van der Waals surface area contributed by atoms with Crippen molar-refractivity contribution in [3.63, 3.8) is 0 Å². The molecule has 0 unspecified atom stereocenters. The molecule has 0 fully saturated rings. The Morgan fingerprint density at radius 1 is 1.00 bits per heavy atom. The van der Waals surface area contributed by atoms with Crippen LogP contribution in [0.3, 0.4) is 0 Å². The Labute approximate surface area is 137 Å². The van der Waals surface area contributed by atoms with E-state index in [1.807, 2.05) is 0 Å². The van der Waals surface area contributed by atoms with Crippen molar-refractivity contribution in [2.75, 3.05) is 0 Å². The number of para-hydroxylation sites is 1. The molecule has 0 aliphatic carbocycles. The van der Waals surface area contributed by atoms with Gasteiger partial charge in [-0.2, -0.15) is 0 Å². The van der Waals surface area contributed by atoms with E-state index in [0.717, 1.165) is 0 Å². The maximum absolute atomic E-state index is 13.3. The van der Waals surface area contributed by atoms with Crippen molar-refractivity contribution in [3.05, 3.63) is 58.9 Å². The summed E-state index contributed by atoms with van der Waals surface area (Å²) in [5, 5.41) is 0.538. The summed E-state index contributed by atoms with van der Waals surface area (Å²) in [7, 11) is 0. The highest BCUT2D eigenvalue weighted by molar-refractivity contribution is 6.30. The van der Waals surface area contributed by atoms with E-state index in [0.29, 0.717) is 16.3 Å². The Kier molecular flexibility index (Phi) is 5.71. The molecule has 0 atom stereocenters. The zero-order chi connectivity index (χ0) is 16.8. The van der Waals surface area contributed by atoms with Gasteiger partial charge in [0.2, 0.25) is 0 Å². The van der Waals surface area contributed by atoms with Crippen LogP contribution in [0.15, 0.2) is 42.5 Å². The molecule has 2 rings (SSSR count). The first-order valence-corrected chi connectivity index (χ1v) is 7.25. The molecule has 0 radical (unpaired) electrons. The largest absolute Gasteiger partial charge is 0.426 e. The minimum Gasteiger partial charge on any atom is -0.426 e. The second-order valence-electron chi connectivity index (χ2n) is 4.79. The number of rotatable bonds is 5. The van der Waals surface area contributed by atoms with Crippen molar-refractivity contribution in [1.82, 2.24) is 0 Å². The quantitative estimate of drug-likeness (QED) is 0.610. The zero-order valence-corrected chi connectivity index (χ0v) is 13.1. The molecule has 0 saturated heterocycles. The fraction of sp³-hybridized carbons (Fsp3) is 0.176. The molecule has 120 valence electrons. The third-order valence-electron chi connectivity index (χ3n) is 2.95. The van der Waals surface area contributed by atoms with Gasteiger partial charge < -0.3 is 9.47 Å². The minimum absolute atomic E-state index is 0.167. The molecule has 0 N–H and O–H groups in total. The third kappa shape index (κ3) is 5.07. The number of ether oxygens (including phenoxy) is 2. The van der Waals surface area contributed by atoms with E-state index in [-0.39, 0.29) is 18.6 Å². The third-order valence-corrected chi connectivity index (χ3v) is 3.19. The second-order valence-corrected chi connectivity index (χ2v) is 5.22. The number of esters is 2. The predicted octanol–water partition coefficient (Wildman–Crippen LogP) is 4.08. The van der Waals surface area contributed by atoms with E-state index in [9.17, 15) is 14.0 Å². The Morgan fingerprint density at radius 2 is 1.61 bits per heavy atom. The van der Waals surface area contributed by atoms with Gasteiger partial charge in [-0.25, -0.2) is 4.39 Å². The van der Waals surface area contributed by atoms with Crippen LogP contribution < -0.4 is 9.47 Å². The van der Waals surface area contributed by atoms with Crippen molar-refractivity contribution >= 4 is 23.5 Å². The van der Waals surface area contributed by atoms with Crippen LogP contribution in [0.5, 0.6) is 11.5 Å². The van der Waals surface area contributed by atoms with Gasteiger partial charge in [0.1, 0.15) is 5.75 Å². The molecule has 0 bridgehead atoms. The van der Waals surface area contributed by atoms with Crippen molar-refractivity contribution < 1.29 is 23.5 Å². The Balaban J connectivity index is 1.84. The van der Waals surface area contributed by atoms with E-state index in [4.69, 9.17) is 21.1 Å². The van der Waals surface area contributed by atoms with Gasteiger partial charge in [0, 0.05) is 5.02 Å². The first-order chi connectivity index (χ1) is 11.0. The van der Waals surface area contributed by atoms with Gasteiger partial charge in [0.05, 0.1) is 12.8 Å². The van der Waals surface area contributed by atoms with Crippen LogP contribution in [0.25, 0.3) is 0 Å². The molecule has 0 aliphatic heterocycles. The summed E-state index contributed by atoms with van der Waals surface area (Å²) in [5.41, 5.74) is 0.708. The molecule has 0 saturated carbocycles. The van der Waals surface area contributed by atoms with Crippen molar-refractivity contribution in [3.8, 4) is 11.5 Å². The summed E-state index contributed by atoms with van der Waals surface area (Å²) < 4.78 is 23.3. The van der Waals surface area contributed by atoms with Crippen LogP contribution in [0.4, 0.5) is 4.39 Å². The van der Waals surface area contributed by atoms with Gasteiger partial charge in [-0.1, -0.05) is 23.7 Å². The lowest BCUT2D eigenvalue weighted by molar-refractivity contribution is -0.140. The number of aryl methyl sites for hydroxylation is 1. The number of halogens is 2. The highest BCUT2D eigenvalue weighted by atomic mass is 35.5.